The highest BCUT2D eigenvalue weighted by Gasteiger charge is 2.14. The Bertz CT molecular complexity index is 221. The number of halogens is 2. The van der Waals surface area contributed by atoms with Gasteiger partial charge < -0.3 is 9.63 Å². The maximum absolute atomic E-state index is 11.7. The smallest absolute Gasteiger partial charge is 0.266 e. The number of alkyl halides is 2. The van der Waals surface area contributed by atoms with E-state index in [0.717, 1.165) is 0 Å². The van der Waals surface area contributed by atoms with Crippen molar-refractivity contribution < 1.29 is 14.2 Å². The van der Waals surface area contributed by atoms with Crippen molar-refractivity contribution in [3.63, 3.8) is 0 Å². The first-order valence-electron chi connectivity index (χ1n) is 5.02. The van der Waals surface area contributed by atoms with Gasteiger partial charge in [0.05, 0.1) is 6.61 Å². The zero-order valence-electron chi connectivity index (χ0n) is 9.29. The fourth-order valence-electron chi connectivity index (χ4n) is 0.953. The lowest BCUT2D eigenvalue weighted by molar-refractivity contribution is 0.110. The third kappa shape index (κ3) is 9.85. The van der Waals surface area contributed by atoms with Crippen molar-refractivity contribution in [2.75, 3.05) is 38.1 Å². The quantitative estimate of drug-likeness (QED) is 0.321. The van der Waals surface area contributed by atoms with Gasteiger partial charge in [-0.1, -0.05) is 0 Å². The lowest BCUT2D eigenvalue weighted by atomic mass is 10.4. The SMILES string of the molecule is CP(=O)(NCCCl)OCCC(O)NCCCl. The first-order valence-corrected chi connectivity index (χ1v) is 8.16. The van der Waals surface area contributed by atoms with Gasteiger partial charge in [0.2, 0.25) is 0 Å². The van der Waals surface area contributed by atoms with Gasteiger partial charge in [0, 0.05) is 37.9 Å². The highest BCUT2D eigenvalue weighted by Crippen LogP contribution is 2.36. The molecule has 0 aliphatic rings. The van der Waals surface area contributed by atoms with Crippen LogP contribution in [-0.4, -0.2) is 49.5 Å². The van der Waals surface area contributed by atoms with Crippen molar-refractivity contribution in [1.29, 1.82) is 0 Å². The highest BCUT2D eigenvalue weighted by atomic mass is 35.5. The summed E-state index contributed by atoms with van der Waals surface area (Å²) in [5, 5.41) is 14.9. The van der Waals surface area contributed by atoms with Crippen molar-refractivity contribution in [1.82, 2.24) is 10.4 Å². The molecule has 0 aromatic carbocycles. The molecule has 98 valence electrons. The molecular formula is C8H19Cl2N2O3P. The predicted molar refractivity (Wildman–Crippen MR) is 67.6 cm³/mol. The summed E-state index contributed by atoms with van der Waals surface area (Å²) < 4.78 is 16.8. The summed E-state index contributed by atoms with van der Waals surface area (Å²) in [5.74, 6) is 0.808. The van der Waals surface area contributed by atoms with Crippen LogP contribution >= 0.6 is 30.7 Å². The number of aliphatic hydroxyl groups is 1. The van der Waals surface area contributed by atoms with Gasteiger partial charge in [0.15, 0.2) is 0 Å². The van der Waals surface area contributed by atoms with E-state index >= 15 is 0 Å². The third-order valence-corrected chi connectivity index (χ3v) is 3.55. The van der Waals surface area contributed by atoms with Crippen molar-refractivity contribution in [2.24, 2.45) is 0 Å². The Morgan fingerprint density at radius 1 is 1.38 bits per heavy atom. The minimum Gasteiger partial charge on any atom is -0.379 e. The van der Waals surface area contributed by atoms with E-state index in [1.165, 1.54) is 6.66 Å². The van der Waals surface area contributed by atoms with Crippen molar-refractivity contribution >= 4 is 30.7 Å². The molecule has 2 atom stereocenters. The van der Waals surface area contributed by atoms with Crippen LogP contribution in [0.25, 0.3) is 0 Å². The number of hydrogen-bond acceptors (Lipinski definition) is 4. The van der Waals surface area contributed by atoms with E-state index < -0.39 is 13.7 Å². The Labute approximate surface area is 106 Å². The van der Waals surface area contributed by atoms with E-state index in [9.17, 15) is 9.67 Å². The predicted octanol–water partition coefficient (Wildman–Crippen LogP) is 1.19. The van der Waals surface area contributed by atoms with Gasteiger partial charge in [-0.25, -0.2) is 5.09 Å². The van der Waals surface area contributed by atoms with Crippen LogP contribution in [0.1, 0.15) is 6.42 Å². The van der Waals surface area contributed by atoms with Crippen molar-refractivity contribution in [3.05, 3.63) is 0 Å². The largest absolute Gasteiger partial charge is 0.379 e. The van der Waals surface area contributed by atoms with E-state index in [0.29, 0.717) is 31.3 Å². The molecule has 5 nitrogen and oxygen atoms in total. The fourth-order valence-corrected chi connectivity index (χ4v) is 2.35. The van der Waals surface area contributed by atoms with E-state index in [4.69, 9.17) is 27.7 Å². The van der Waals surface area contributed by atoms with Crippen LogP contribution in [0.4, 0.5) is 0 Å². The standard InChI is InChI=1S/C8H19Cl2N2O3P/c1-16(14,12-6-4-10)15-7-2-8(13)11-5-3-9/h8,11,13H,2-7H2,1H3,(H,12,14). The number of rotatable bonds is 10. The minimum absolute atomic E-state index is 0.208. The monoisotopic (exact) mass is 292 g/mol. The second-order valence-corrected chi connectivity index (χ2v) is 6.25. The Morgan fingerprint density at radius 3 is 2.56 bits per heavy atom. The van der Waals surface area contributed by atoms with Crippen LogP contribution in [0.5, 0.6) is 0 Å². The first kappa shape index (κ1) is 16.6. The maximum atomic E-state index is 11.7. The topological polar surface area (TPSA) is 70.6 Å². The second-order valence-electron chi connectivity index (χ2n) is 3.22. The van der Waals surface area contributed by atoms with Crippen LogP contribution in [0.3, 0.4) is 0 Å². The molecule has 0 aliphatic heterocycles. The molecule has 8 heteroatoms. The summed E-state index contributed by atoms with van der Waals surface area (Å²) in [6, 6.07) is 0. The van der Waals surface area contributed by atoms with Crippen LogP contribution in [0, 0.1) is 0 Å². The molecule has 0 amide bonds. The van der Waals surface area contributed by atoms with Crippen LogP contribution in [-0.2, 0) is 9.09 Å². The lowest BCUT2D eigenvalue weighted by Crippen LogP contribution is -2.31. The summed E-state index contributed by atoms with van der Waals surface area (Å²) in [4.78, 5) is 0. The van der Waals surface area contributed by atoms with Crippen LogP contribution in [0.2, 0.25) is 0 Å². The second kappa shape index (κ2) is 9.66. The molecule has 0 aromatic rings. The molecule has 0 aliphatic carbocycles. The molecule has 0 saturated heterocycles. The maximum Gasteiger partial charge on any atom is 0.266 e. The Hall–Kier alpha value is 0.650. The number of hydrogen-bond donors (Lipinski definition) is 3. The highest BCUT2D eigenvalue weighted by molar-refractivity contribution is 7.56. The molecule has 0 spiro atoms. The molecule has 0 aromatic heterocycles. The number of nitrogens with one attached hydrogen (secondary N) is 2. The van der Waals surface area contributed by atoms with Gasteiger partial charge >= 0.3 is 0 Å². The first-order chi connectivity index (χ1) is 7.52. The van der Waals surface area contributed by atoms with Gasteiger partial charge in [-0.15, -0.1) is 23.2 Å². The Kier molecular flexibility index (Phi) is 10.0. The van der Waals surface area contributed by atoms with Crippen molar-refractivity contribution in [3.8, 4) is 0 Å². The van der Waals surface area contributed by atoms with Crippen LogP contribution < -0.4 is 10.4 Å². The average molecular weight is 293 g/mol. The van der Waals surface area contributed by atoms with Crippen LogP contribution in [0.15, 0.2) is 0 Å². The molecular weight excluding hydrogens is 274 g/mol. The summed E-state index contributed by atoms with van der Waals surface area (Å²) >= 11 is 10.9. The molecule has 0 saturated carbocycles. The normalized spacial score (nSPS) is 17.0. The summed E-state index contributed by atoms with van der Waals surface area (Å²) in [5.41, 5.74) is 0. The van der Waals surface area contributed by atoms with Crippen molar-refractivity contribution in [2.45, 2.75) is 12.6 Å². The van der Waals surface area contributed by atoms with Gasteiger partial charge in [-0.05, 0) is 0 Å². The lowest BCUT2D eigenvalue weighted by Gasteiger charge is -2.16. The molecule has 0 radical (unpaired) electrons. The van der Waals surface area contributed by atoms with Gasteiger partial charge in [0.25, 0.3) is 7.52 Å². The molecule has 0 rings (SSSR count). The van der Waals surface area contributed by atoms with E-state index in [2.05, 4.69) is 10.4 Å². The summed E-state index contributed by atoms with van der Waals surface area (Å²) in [7, 11) is -2.79. The third-order valence-electron chi connectivity index (χ3n) is 1.70. The summed E-state index contributed by atoms with van der Waals surface area (Å²) in [6.45, 7) is 2.65. The Balaban J connectivity index is 3.59. The number of aliphatic hydroxyl groups excluding tert-OH is 1. The molecule has 3 N–H and O–H groups in total. The molecule has 16 heavy (non-hydrogen) atoms. The zero-order valence-corrected chi connectivity index (χ0v) is 11.7. The summed E-state index contributed by atoms with van der Waals surface area (Å²) in [6.07, 6.45) is -0.330. The van der Waals surface area contributed by atoms with Gasteiger partial charge in [-0.2, -0.15) is 0 Å². The molecule has 2 unspecified atom stereocenters. The minimum atomic E-state index is -2.79. The van der Waals surface area contributed by atoms with Gasteiger partial charge in [-0.3, -0.25) is 9.88 Å². The fraction of sp³-hybridized carbons (Fsp3) is 1.00. The van der Waals surface area contributed by atoms with Gasteiger partial charge in [0.1, 0.15) is 6.23 Å². The molecule has 0 heterocycles. The molecule has 0 bridgehead atoms. The zero-order chi connectivity index (χ0) is 12.4. The van der Waals surface area contributed by atoms with E-state index in [-0.39, 0.29) is 6.61 Å². The molecule has 0 fully saturated rings. The van der Waals surface area contributed by atoms with E-state index in [1.54, 1.807) is 0 Å². The average Bonchev–Trinajstić information content (AvgIpc) is 2.23. The Morgan fingerprint density at radius 2 is 2.00 bits per heavy atom. The van der Waals surface area contributed by atoms with E-state index in [1.807, 2.05) is 0 Å².